The summed E-state index contributed by atoms with van der Waals surface area (Å²) in [4.78, 5) is 5.52. The largest absolute Gasteiger partial charge is 0.491 e. The third kappa shape index (κ3) is 9.19. The van der Waals surface area contributed by atoms with Crippen LogP contribution in [0.5, 0.6) is 5.75 Å². The van der Waals surface area contributed by atoms with Crippen LogP contribution in [0, 0.1) is 0 Å². The molecule has 3 aromatic carbocycles. The van der Waals surface area contributed by atoms with Crippen molar-refractivity contribution in [1.82, 2.24) is 9.55 Å². The van der Waals surface area contributed by atoms with Gasteiger partial charge in [0, 0.05) is 52.6 Å². The Balaban J connectivity index is 1.28. The highest BCUT2D eigenvalue weighted by atomic mass is 35.5. The first kappa shape index (κ1) is 29.8. The molecular weight excluding hydrogens is 538 g/mol. The standard InChI is InChI=1S/C33H38ClN3O2S/c1-3-5-19-38-20-21-39-31-11-6-26(7-12-31)27-8-15-33(34)28(22-27)16-17-36-29-9-13-32(14-10-29)40-24-30-23-35-25-37(30)18-4-2/h6-17,22-23,25,36H,3-5,18-21,24H2,1-2H3/b17-16-. The fourth-order valence-electron chi connectivity index (χ4n) is 4.10. The minimum Gasteiger partial charge on any atom is -0.491 e. The molecule has 7 heteroatoms. The van der Waals surface area contributed by atoms with Crippen LogP contribution in [0.25, 0.3) is 17.2 Å². The van der Waals surface area contributed by atoms with Crippen molar-refractivity contribution in [2.75, 3.05) is 25.1 Å². The summed E-state index contributed by atoms with van der Waals surface area (Å²) in [5, 5.41) is 4.06. The van der Waals surface area contributed by atoms with Crippen LogP contribution in [0.1, 0.15) is 44.4 Å². The molecule has 1 heterocycles. The number of benzene rings is 3. The van der Waals surface area contributed by atoms with E-state index in [-0.39, 0.29) is 0 Å². The van der Waals surface area contributed by atoms with E-state index in [0.29, 0.717) is 18.2 Å². The number of nitrogens with zero attached hydrogens (tertiary/aromatic N) is 2. The predicted octanol–water partition coefficient (Wildman–Crippen LogP) is 9.18. The first-order valence-electron chi connectivity index (χ1n) is 13.9. The van der Waals surface area contributed by atoms with Crippen LogP contribution in [0.3, 0.4) is 0 Å². The molecule has 40 heavy (non-hydrogen) atoms. The topological polar surface area (TPSA) is 48.3 Å². The minimum atomic E-state index is 0.555. The molecule has 0 radical (unpaired) electrons. The molecule has 4 rings (SSSR count). The number of imidazole rings is 1. The van der Waals surface area contributed by atoms with Gasteiger partial charge in [-0.1, -0.05) is 50.1 Å². The number of rotatable bonds is 16. The highest BCUT2D eigenvalue weighted by Crippen LogP contribution is 2.28. The second-order valence-corrected chi connectivity index (χ2v) is 10.9. The lowest BCUT2D eigenvalue weighted by Gasteiger charge is -2.09. The Kier molecular flexibility index (Phi) is 12.0. The zero-order valence-electron chi connectivity index (χ0n) is 23.3. The molecule has 0 unspecified atom stereocenters. The number of nitrogens with one attached hydrogen (secondary N) is 1. The molecule has 1 aromatic heterocycles. The molecule has 1 N–H and O–H groups in total. The zero-order valence-corrected chi connectivity index (χ0v) is 24.9. The van der Waals surface area contributed by atoms with Gasteiger partial charge in [0.1, 0.15) is 12.4 Å². The lowest BCUT2D eigenvalue weighted by Crippen LogP contribution is -2.07. The highest BCUT2D eigenvalue weighted by molar-refractivity contribution is 7.98. The van der Waals surface area contributed by atoms with Gasteiger partial charge in [-0.2, -0.15) is 0 Å². The molecule has 0 aliphatic carbocycles. The Hall–Kier alpha value is -3.19. The van der Waals surface area contributed by atoms with Crippen molar-refractivity contribution in [3.05, 3.63) is 102 Å². The van der Waals surface area contributed by atoms with Crippen molar-refractivity contribution >= 4 is 35.1 Å². The molecule has 0 amide bonds. The average molecular weight is 576 g/mol. The molecule has 0 aliphatic rings. The van der Waals surface area contributed by atoms with Crippen molar-refractivity contribution in [3.8, 4) is 16.9 Å². The van der Waals surface area contributed by atoms with Crippen molar-refractivity contribution in [2.24, 2.45) is 0 Å². The van der Waals surface area contributed by atoms with Gasteiger partial charge in [0.25, 0.3) is 0 Å². The smallest absolute Gasteiger partial charge is 0.119 e. The van der Waals surface area contributed by atoms with E-state index in [4.69, 9.17) is 21.1 Å². The Morgan fingerprint density at radius 1 is 0.925 bits per heavy atom. The van der Waals surface area contributed by atoms with E-state index in [1.165, 1.54) is 10.6 Å². The third-order valence-electron chi connectivity index (χ3n) is 6.34. The number of hydrogen-bond donors (Lipinski definition) is 1. The zero-order chi connectivity index (χ0) is 28.0. The van der Waals surface area contributed by atoms with E-state index < -0.39 is 0 Å². The van der Waals surface area contributed by atoms with E-state index >= 15 is 0 Å². The Labute approximate surface area is 247 Å². The van der Waals surface area contributed by atoms with Crippen LogP contribution in [0.4, 0.5) is 5.69 Å². The van der Waals surface area contributed by atoms with Gasteiger partial charge in [-0.15, -0.1) is 11.8 Å². The van der Waals surface area contributed by atoms with Gasteiger partial charge in [-0.05, 0) is 84.1 Å². The van der Waals surface area contributed by atoms with E-state index in [0.717, 1.165) is 66.3 Å². The first-order chi connectivity index (χ1) is 19.7. The first-order valence-corrected chi connectivity index (χ1v) is 15.3. The highest BCUT2D eigenvalue weighted by Gasteiger charge is 2.05. The summed E-state index contributed by atoms with van der Waals surface area (Å²) in [6.45, 7) is 7.31. The summed E-state index contributed by atoms with van der Waals surface area (Å²) >= 11 is 8.32. The number of hydrogen-bond acceptors (Lipinski definition) is 5. The maximum absolute atomic E-state index is 6.50. The summed E-state index contributed by atoms with van der Waals surface area (Å²) in [6.07, 6.45) is 11.1. The van der Waals surface area contributed by atoms with Crippen molar-refractivity contribution in [1.29, 1.82) is 0 Å². The van der Waals surface area contributed by atoms with Crippen LogP contribution >= 0.6 is 23.4 Å². The summed E-state index contributed by atoms with van der Waals surface area (Å²) in [5.74, 6) is 1.75. The van der Waals surface area contributed by atoms with Gasteiger partial charge in [-0.3, -0.25) is 0 Å². The predicted molar refractivity (Wildman–Crippen MR) is 169 cm³/mol. The lowest BCUT2D eigenvalue weighted by molar-refractivity contribution is 0.0981. The third-order valence-corrected chi connectivity index (χ3v) is 7.73. The second kappa shape index (κ2) is 16.2. The van der Waals surface area contributed by atoms with Crippen molar-refractivity contribution in [2.45, 2.75) is 50.3 Å². The fraction of sp³-hybridized carbons (Fsp3) is 0.303. The molecule has 4 aromatic rings. The van der Waals surface area contributed by atoms with E-state index in [2.05, 4.69) is 71.2 Å². The summed E-state index contributed by atoms with van der Waals surface area (Å²) in [6, 6.07) is 22.7. The van der Waals surface area contributed by atoms with Gasteiger partial charge in [0.15, 0.2) is 0 Å². The van der Waals surface area contributed by atoms with Gasteiger partial charge < -0.3 is 19.4 Å². The van der Waals surface area contributed by atoms with Crippen LogP contribution in [0.2, 0.25) is 5.02 Å². The van der Waals surface area contributed by atoms with E-state index in [9.17, 15) is 0 Å². The maximum atomic E-state index is 6.50. The molecule has 210 valence electrons. The average Bonchev–Trinajstić information content (AvgIpc) is 3.43. The monoisotopic (exact) mass is 575 g/mol. The Bertz CT molecular complexity index is 1340. The van der Waals surface area contributed by atoms with Gasteiger partial charge in [-0.25, -0.2) is 4.98 Å². The van der Waals surface area contributed by atoms with E-state index in [1.54, 1.807) is 0 Å². The maximum Gasteiger partial charge on any atom is 0.119 e. The number of halogens is 1. The number of anilines is 1. The number of aryl methyl sites for hydroxylation is 1. The molecule has 0 fully saturated rings. The van der Waals surface area contributed by atoms with Gasteiger partial charge >= 0.3 is 0 Å². The molecular formula is C33H38ClN3O2S. The number of unbranched alkanes of at least 4 members (excludes halogenated alkanes) is 1. The van der Waals surface area contributed by atoms with E-state index in [1.807, 2.05) is 60.8 Å². The summed E-state index contributed by atoms with van der Waals surface area (Å²) < 4.78 is 13.6. The SMILES string of the molecule is CCCCOCCOc1ccc(-c2ccc(Cl)c(/C=C\Nc3ccc(SCc4cncn4CCC)cc3)c2)cc1. The molecule has 0 saturated carbocycles. The second-order valence-electron chi connectivity index (χ2n) is 9.44. The Morgan fingerprint density at radius 2 is 1.73 bits per heavy atom. The molecule has 0 atom stereocenters. The molecule has 5 nitrogen and oxygen atoms in total. The Morgan fingerprint density at radius 3 is 2.50 bits per heavy atom. The summed E-state index contributed by atoms with van der Waals surface area (Å²) in [5.41, 5.74) is 5.43. The quantitative estimate of drug-likeness (QED) is 0.107. The minimum absolute atomic E-state index is 0.555. The molecule has 0 bridgehead atoms. The lowest BCUT2D eigenvalue weighted by atomic mass is 10.0. The number of aromatic nitrogens is 2. The van der Waals surface area contributed by atoms with Crippen LogP contribution in [-0.2, 0) is 17.0 Å². The van der Waals surface area contributed by atoms with Crippen molar-refractivity contribution < 1.29 is 9.47 Å². The normalized spacial score (nSPS) is 11.3. The van der Waals surface area contributed by atoms with Crippen molar-refractivity contribution in [3.63, 3.8) is 0 Å². The van der Waals surface area contributed by atoms with Crippen LogP contribution in [-0.4, -0.2) is 29.4 Å². The number of ether oxygens (including phenoxy) is 2. The van der Waals surface area contributed by atoms with Gasteiger partial charge in [0.05, 0.1) is 12.9 Å². The molecule has 0 spiro atoms. The molecule has 0 saturated heterocycles. The summed E-state index contributed by atoms with van der Waals surface area (Å²) in [7, 11) is 0. The fourth-order valence-corrected chi connectivity index (χ4v) is 5.17. The number of thioether (sulfide) groups is 1. The van der Waals surface area contributed by atoms with Gasteiger partial charge in [0.2, 0.25) is 0 Å². The van der Waals surface area contributed by atoms with Crippen LogP contribution in [0.15, 0.2) is 90.3 Å². The molecule has 0 aliphatic heterocycles. The van der Waals surface area contributed by atoms with Crippen LogP contribution < -0.4 is 10.1 Å².